The molecule has 1 amide bonds. The summed E-state index contributed by atoms with van der Waals surface area (Å²) < 4.78 is 107. The zero-order valence-electron chi connectivity index (χ0n) is 19.7. The molecular formula is C23H22F6N4O3S. The van der Waals surface area contributed by atoms with E-state index >= 15 is 0 Å². The van der Waals surface area contributed by atoms with Crippen molar-refractivity contribution >= 4 is 15.9 Å². The van der Waals surface area contributed by atoms with Gasteiger partial charge in [-0.25, -0.2) is 17.7 Å². The van der Waals surface area contributed by atoms with Crippen LogP contribution < -0.4 is 0 Å². The molecule has 1 aliphatic heterocycles. The molecule has 14 heteroatoms. The number of hydrogen-bond acceptors (Lipinski definition) is 5. The minimum atomic E-state index is -5.12. The Balaban J connectivity index is 1.97. The summed E-state index contributed by atoms with van der Waals surface area (Å²) >= 11 is 0. The van der Waals surface area contributed by atoms with E-state index in [1.54, 1.807) is 13.0 Å². The molecule has 1 aromatic heterocycles. The molecule has 0 N–H and O–H groups in total. The second-order valence-corrected chi connectivity index (χ2v) is 10.7. The molecule has 0 saturated carbocycles. The first-order valence-corrected chi connectivity index (χ1v) is 12.6. The van der Waals surface area contributed by atoms with Gasteiger partial charge in [0, 0.05) is 32.2 Å². The molecule has 37 heavy (non-hydrogen) atoms. The molecule has 1 aromatic carbocycles. The van der Waals surface area contributed by atoms with Crippen LogP contribution >= 0.6 is 0 Å². The molecule has 1 fully saturated rings. The second-order valence-electron chi connectivity index (χ2n) is 8.42. The Morgan fingerprint density at radius 2 is 1.68 bits per heavy atom. The van der Waals surface area contributed by atoms with E-state index in [0.29, 0.717) is 12.1 Å². The third-order valence-electron chi connectivity index (χ3n) is 6.16. The molecule has 1 saturated heterocycles. The number of rotatable bonds is 5. The van der Waals surface area contributed by atoms with Crippen LogP contribution in [-0.2, 0) is 22.4 Å². The Labute approximate surface area is 209 Å². The SMILES string of the molecule is CCN(C)S(=O)(=O)C1CCN(C(=O)c2cc(C#N)c(-c3ccc(C(F)(F)F)cc3)nc2C(F)(F)F)CC1. The van der Waals surface area contributed by atoms with E-state index in [1.807, 2.05) is 0 Å². The first kappa shape index (κ1) is 28.4. The van der Waals surface area contributed by atoms with Crippen molar-refractivity contribution in [1.29, 1.82) is 5.26 Å². The van der Waals surface area contributed by atoms with Crippen LogP contribution in [0, 0.1) is 11.3 Å². The van der Waals surface area contributed by atoms with E-state index < -0.39 is 61.6 Å². The predicted octanol–water partition coefficient (Wildman–Crippen LogP) is 4.54. The largest absolute Gasteiger partial charge is 0.434 e. The number of amides is 1. The third kappa shape index (κ3) is 5.88. The number of halogens is 6. The number of aromatic nitrogens is 1. The van der Waals surface area contributed by atoms with E-state index in [1.165, 1.54) is 11.4 Å². The predicted molar refractivity (Wildman–Crippen MR) is 121 cm³/mol. The summed E-state index contributed by atoms with van der Waals surface area (Å²) in [6.07, 6.45) is -9.76. The highest BCUT2D eigenvalue weighted by atomic mass is 32.2. The molecular weight excluding hydrogens is 526 g/mol. The molecule has 0 bridgehead atoms. The van der Waals surface area contributed by atoms with Crippen molar-refractivity contribution in [3.8, 4) is 17.3 Å². The fourth-order valence-corrected chi connectivity index (χ4v) is 5.65. The lowest BCUT2D eigenvalue weighted by molar-refractivity contribution is -0.141. The lowest BCUT2D eigenvalue weighted by Crippen LogP contribution is -2.46. The molecule has 3 rings (SSSR count). The minimum Gasteiger partial charge on any atom is -0.338 e. The maximum Gasteiger partial charge on any atom is 0.434 e. The van der Waals surface area contributed by atoms with Crippen LogP contribution in [-0.4, -0.2) is 60.4 Å². The molecule has 1 aliphatic rings. The zero-order valence-corrected chi connectivity index (χ0v) is 20.5. The van der Waals surface area contributed by atoms with Crippen LogP contribution in [0.2, 0.25) is 0 Å². The highest BCUT2D eigenvalue weighted by molar-refractivity contribution is 7.89. The van der Waals surface area contributed by atoms with E-state index in [2.05, 4.69) is 4.98 Å². The average molecular weight is 549 g/mol. The average Bonchev–Trinajstić information content (AvgIpc) is 2.86. The maximum absolute atomic E-state index is 13.9. The molecule has 0 spiro atoms. The first-order chi connectivity index (χ1) is 17.1. The van der Waals surface area contributed by atoms with Gasteiger partial charge in [-0.15, -0.1) is 0 Å². The van der Waals surface area contributed by atoms with Crippen LogP contribution in [0.5, 0.6) is 0 Å². The van der Waals surface area contributed by atoms with Crippen LogP contribution in [0.25, 0.3) is 11.3 Å². The molecule has 0 radical (unpaired) electrons. The first-order valence-electron chi connectivity index (χ1n) is 11.1. The van der Waals surface area contributed by atoms with Crippen molar-refractivity contribution < 1.29 is 39.6 Å². The fraction of sp³-hybridized carbons (Fsp3) is 0.435. The maximum atomic E-state index is 13.9. The van der Waals surface area contributed by atoms with Gasteiger partial charge in [0.1, 0.15) is 6.07 Å². The number of carbonyl (C=O) groups excluding carboxylic acids is 1. The summed E-state index contributed by atoms with van der Waals surface area (Å²) in [5.74, 6) is -1.07. The van der Waals surface area contributed by atoms with E-state index in [4.69, 9.17) is 0 Å². The van der Waals surface area contributed by atoms with Crippen molar-refractivity contribution in [1.82, 2.24) is 14.2 Å². The van der Waals surface area contributed by atoms with Crippen LogP contribution in [0.1, 0.15) is 46.9 Å². The summed E-state index contributed by atoms with van der Waals surface area (Å²) in [6, 6.07) is 5.47. The Kier molecular flexibility index (Phi) is 7.90. The minimum absolute atomic E-state index is 0.0158. The number of nitrogens with zero attached hydrogens (tertiary/aromatic N) is 4. The van der Waals surface area contributed by atoms with E-state index in [9.17, 15) is 44.8 Å². The van der Waals surface area contributed by atoms with Crippen molar-refractivity contribution in [3.05, 3.63) is 52.7 Å². The summed E-state index contributed by atoms with van der Waals surface area (Å²) in [7, 11) is -2.21. The highest BCUT2D eigenvalue weighted by Crippen LogP contribution is 2.36. The third-order valence-corrected chi connectivity index (χ3v) is 8.60. The number of nitriles is 1. The zero-order chi connectivity index (χ0) is 27.8. The quantitative estimate of drug-likeness (QED) is 0.512. The Morgan fingerprint density at radius 3 is 2.14 bits per heavy atom. The number of likely N-dealkylation sites (tertiary alicyclic amines) is 1. The summed E-state index contributed by atoms with van der Waals surface area (Å²) in [4.78, 5) is 17.7. The van der Waals surface area contributed by atoms with Gasteiger partial charge in [0.05, 0.1) is 27.6 Å². The number of alkyl halides is 6. The van der Waals surface area contributed by atoms with Crippen molar-refractivity contribution in [2.45, 2.75) is 37.4 Å². The number of carbonyl (C=O) groups is 1. The lowest BCUT2D eigenvalue weighted by Gasteiger charge is -2.33. The molecule has 2 heterocycles. The summed E-state index contributed by atoms with van der Waals surface area (Å²) in [5, 5.41) is 8.73. The topological polar surface area (TPSA) is 94.4 Å². The summed E-state index contributed by atoms with van der Waals surface area (Å²) in [6.45, 7) is 1.65. The molecule has 0 unspecified atom stereocenters. The van der Waals surface area contributed by atoms with Crippen LogP contribution in [0.4, 0.5) is 26.3 Å². The molecule has 200 valence electrons. The molecule has 0 aliphatic carbocycles. The Morgan fingerprint density at radius 1 is 1.11 bits per heavy atom. The van der Waals surface area contributed by atoms with Gasteiger partial charge in [0.2, 0.25) is 10.0 Å². The van der Waals surface area contributed by atoms with Crippen molar-refractivity contribution in [2.75, 3.05) is 26.7 Å². The van der Waals surface area contributed by atoms with E-state index in [0.717, 1.165) is 23.1 Å². The number of benzene rings is 1. The van der Waals surface area contributed by atoms with Crippen molar-refractivity contribution in [3.63, 3.8) is 0 Å². The van der Waals surface area contributed by atoms with Gasteiger partial charge >= 0.3 is 12.4 Å². The van der Waals surface area contributed by atoms with Gasteiger partial charge in [-0.2, -0.15) is 31.6 Å². The number of hydrogen-bond donors (Lipinski definition) is 0. The highest BCUT2D eigenvalue weighted by Gasteiger charge is 2.41. The number of sulfonamides is 1. The van der Waals surface area contributed by atoms with Gasteiger partial charge in [0.25, 0.3) is 5.91 Å². The number of pyridine rings is 1. The monoisotopic (exact) mass is 548 g/mol. The molecule has 7 nitrogen and oxygen atoms in total. The van der Waals surface area contributed by atoms with Crippen LogP contribution in [0.15, 0.2) is 30.3 Å². The number of piperidine rings is 1. The van der Waals surface area contributed by atoms with Crippen molar-refractivity contribution in [2.24, 2.45) is 0 Å². The smallest absolute Gasteiger partial charge is 0.338 e. The van der Waals surface area contributed by atoms with Gasteiger partial charge < -0.3 is 4.90 Å². The Hall–Kier alpha value is -3.18. The molecule has 2 aromatic rings. The van der Waals surface area contributed by atoms with Gasteiger partial charge in [-0.05, 0) is 31.0 Å². The Bertz CT molecular complexity index is 1310. The fourth-order valence-electron chi connectivity index (χ4n) is 3.98. The van der Waals surface area contributed by atoms with Crippen LogP contribution in [0.3, 0.4) is 0 Å². The normalized spacial score (nSPS) is 15.6. The van der Waals surface area contributed by atoms with Gasteiger partial charge in [-0.1, -0.05) is 19.1 Å². The second kappa shape index (κ2) is 10.3. The lowest BCUT2D eigenvalue weighted by atomic mass is 10.00. The standard InChI is InChI=1S/C23H22F6N4O3S/c1-3-32(2)37(35,36)17-8-10-33(11-9-17)21(34)18-12-15(13-30)19(31-20(18)23(27,28)29)14-4-6-16(7-5-14)22(24,25)26/h4-7,12,17H,3,8-11H2,1-2H3. The molecule has 0 atom stereocenters. The summed E-state index contributed by atoms with van der Waals surface area (Å²) in [5.41, 5.74) is -4.64. The van der Waals surface area contributed by atoms with Gasteiger partial charge in [0.15, 0.2) is 5.69 Å². The van der Waals surface area contributed by atoms with E-state index in [-0.39, 0.29) is 38.0 Å². The van der Waals surface area contributed by atoms with Gasteiger partial charge in [-0.3, -0.25) is 4.79 Å².